The third kappa shape index (κ3) is 7.62. The molecule has 1 heterocycles. The summed E-state index contributed by atoms with van der Waals surface area (Å²) in [6, 6.07) is -0.908. The largest absolute Gasteiger partial charge is 0.480 e. The minimum absolute atomic E-state index is 0.101. The Morgan fingerprint density at radius 2 is 1.73 bits per heavy atom. The van der Waals surface area contributed by atoms with Crippen molar-refractivity contribution < 1.29 is 29.0 Å². The SMILES string of the molecule is CCOC(=O)CCCCCC[C@H]1CC[C@@H](C(=O)O)N1C(=O)OC(C)(C)C. The van der Waals surface area contributed by atoms with Crippen LogP contribution in [0, 0.1) is 0 Å². The molecule has 0 aromatic rings. The molecule has 0 aliphatic carbocycles. The number of aliphatic carboxylic acids is 1. The molecule has 0 saturated carbocycles. The number of rotatable bonds is 9. The van der Waals surface area contributed by atoms with Gasteiger partial charge in [0.2, 0.25) is 0 Å². The fourth-order valence-electron chi connectivity index (χ4n) is 3.24. The van der Waals surface area contributed by atoms with Gasteiger partial charge >= 0.3 is 18.0 Å². The van der Waals surface area contributed by atoms with Crippen LogP contribution in [-0.2, 0) is 19.1 Å². The van der Waals surface area contributed by atoms with Gasteiger partial charge in [-0.3, -0.25) is 9.69 Å². The first kappa shape index (κ1) is 22.3. The molecule has 0 spiro atoms. The van der Waals surface area contributed by atoms with Crippen LogP contribution in [0.4, 0.5) is 4.79 Å². The summed E-state index contributed by atoms with van der Waals surface area (Å²) in [4.78, 5) is 36.6. The van der Waals surface area contributed by atoms with Gasteiger partial charge in [0.25, 0.3) is 0 Å². The quantitative estimate of drug-likeness (QED) is 0.490. The van der Waals surface area contributed by atoms with Gasteiger partial charge in [0.15, 0.2) is 0 Å². The van der Waals surface area contributed by atoms with Crippen molar-refractivity contribution in [3.8, 4) is 0 Å². The van der Waals surface area contributed by atoms with Gasteiger partial charge < -0.3 is 14.6 Å². The second kappa shape index (κ2) is 10.4. The summed E-state index contributed by atoms with van der Waals surface area (Å²) in [6.45, 7) is 7.52. The Kier molecular flexibility index (Phi) is 8.88. The van der Waals surface area contributed by atoms with E-state index in [4.69, 9.17) is 9.47 Å². The topological polar surface area (TPSA) is 93.1 Å². The number of carbonyl (C=O) groups is 3. The molecule has 1 saturated heterocycles. The number of ether oxygens (including phenoxy) is 2. The van der Waals surface area contributed by atoms with E-state index in [2.05, 4.69) is 0 Å². The minimum Gasteiger partial charge on any atom is -0.480 e. The molecule has 1 fully saturated rings. The van der Waals surface area contributed by atoms with Gasteiger partial charge in [0, 0.05) is 12.5 Å². The lowest BCUT2D eigenvalue weighted by molar-refractivity contribution is -0.143. The summed E-state index contributed by atoms with van der Waals surface area (Å²) in [5.74, 6) is -1.14. The molecule has 0 bridgehead atoms. The summed E-state index contributed by atoms with van der Waals surface area (Å²) < 4.78 is 10.3. The Labute approximate surface area is 156 Å². The van der Waals surface area contributed by atoms with Crippen molar-refractivity contribution in [3.63, 3.8) is 0 Å². The van der Waals surface area contributed by atoms with Crippen LogP contribution in [0.5, 0.6) is 0 Å². The highest BCUT2D eigenvalue weighted by Crippen LogP contribution is 2.30. The van der Waals surface area contributed by atoms with Crippen molar-refractivity contribution in [1.29, 1.82) is 0 Å². The number of carbonyl (C=O) groups excluding carboxylic acids is 2. The third-order valence-corrected chi connectivity index (χ3v) is 4.37. The number of amides is 1. The third-order valence-electron chi connectivity index (χ3n) is 4.37. The second-order valence-corrected chi connectivity index (χ2v) is 7.73. The number of likely N-dealkylation sites (tertiary alicyclic amines) is 1. The van der Waals surface area contributed by atoms with Crippen LogP contribution in [0.15, 0.2) is 0 Å². The normalized spacial score (nSPS) is 20.1. The molecule has 1 rings (SSSR count). The first-order chi connectivity index (χ1) is 12.2. The van der Waals surface area contributed by atoms with Crippen molar-refractivity contribution in [2.75, 3.05) is 6.61 Å². The summed E-state index contributed by atoms with van der Waals surface area (Å²) >= 11 is 0. The van der Waals surface area contributed by atoms with Crippen molar-refractivity contribution in [3.05, 3.63) is 0 Å². The lowest BCUT2D eigenvalue weighted by atomic mass is 10.0. The van der Waals surface area contributed by atoms with Crippen molar-refractivity contribution >= 4 is 18.0 Å². The number of nitrogens with zero attached hydrogens (tertiary/aromatic N) is 1. The summed E-state index contributed by atoms with van der Waals surface area (Å²) in [5, 5.41) is 9.39. The van der Waals surface area contributed by atoms with E-state index >= 15 is 0 Å². The van der Waals surface area contributed by atoms with E-state index in [1.54, 1.807) is 27.7 Å². The van der Waals surface area contributed by atoms with Crippen molar-refractivity contribution in [1.82, 2.24) is 4.90 Å². The predicted molar refractivity (Wildman–Crippen MR) is 96.9 cm³/mol. The zero-order valence-corrected chi connectivity index (χ0v) is 16.5. The number of esters is 1. The van der Waals surface area contributed by atoms with Crippen LogP contribution in [-0.4, -0.2) is 52.3 Å². The molecule has 0 radical (unpaired) electrons. The highest BCUT2D eigenvalue weighted by molar-refractivity contribution is 5.81. The number of hydrogen-bond acceptors (Lipinski definition) is 5. The Bertz CT molecular complexity index is 485. The fraction of sp³-hybridized carbons (Fsp3) is 0.842. The van der Waals surface area contributed by atoms with Gasteiger partial charge in [0.05, 0.1) is 6.61 Å². The van der Waals surface area contributed by atoms with Crippen molar-refractivity contribution in [2.24, 2.45) is 0 Å². The Balaban J connectivity index is 2.44. The lowest BCUT2D eigenvalue weighted by Gasteiger charge is -2.31. The molecule has 1 aliphatic rings. The van der Waals surface area contributed by atoms with E-state index < -0.39 is 23.7 Å². The average molecular weight is 371 g/mol. The Hall–Kier alpha value is -1.79. The van der Waals surface area contributed by atoms with Gasteiger partial charge in [-0.2, -0.15) is 0 Å². The molecular formula is C19H33NO6. The minimum atomic E-state index is -0.979. The first-order valence-corrected chi connectivity index (χ1v) is 9.55. The molecule has 1 aliphatic heterocycles. The molecule has 0 aromatic carbocycles. The van der Waals surface area contributed by atoms with E-state index in [1.165, 1.54) is 4.90 Å². The maximum Gasteiger partial charge on any atom is 0.411 e. The predicted octanol–water partition coefficient (Wildman–Crippen LogP) is 3.74. The van der Waals surface area contributed by atoms with Gasteiger partial charge in [0.1, 0.15) is 11.6 Å². The van der Waals surface area contributed by atoms with Crippen LogP contribution >= 0.6 is 0 Å². The van der Waals surface area contributed by atoms with E-state index in [0.29, 0.717) is 25.9 Å². The zero-order valence-electron chi connectivity index (χ0n) is 16.5. The number of unbranched alkanes of at least 4 members (excludes halogenated alkanes) is 3. The average Bonchev–Trinajstić information content (AvgIpc) is 2.93. The molecule has 0 unspecified atom stereocenters. The first-order valence-electron chi connectivity index (χ1n) is 9.55. The monoisotopic (exact) mass is 371 g/mol. The van der Waals surface area contributed by atoms with Gasteiger partial charge in [-0.25, -0.2) is 9.59 Å². The van der Waals surface area contributed by atoms with Crippen LogP contribution < -0.4 is 0 Å². The molecule has 1 amide bonds. The molecule has 0 aromatic heterocycles. The summed E-state index contributed by atoms with van der Waals surface area (Å²) in [6.07, 6.45) is 5.31. The molecule has 7 nitrogen and oxygen atoms in total. The van der Waals surface area contributed by atoms with Gasteiger partial charge in [-0.05, 0) is 53.4 Å². The highest BCUT2D eigenvalue weighted by atomic mass is 16.6. The van der Waals surface area contributed by atoms with E-state index in [1.807, 2.05) is 0 Å². The number of hydrogen-bond donors (Lipinski definition) is 1. The van der Waals surface area contributed by atoms with Crippen LogP contribution in [0.25, 0.3) is 0 Å². The number of carboxylic acids is 1. The van der Waals surface area contributed by atoms with Crippen LogP contribution in [0.2, 0.25) is 0 Å². The molecule has 1 N–H and O–H groups in total. The molecule has 26 heavy (non-hydrogen) atoms. The Morgan fingerprint density at radius 1 is 1.08 bits per heavy atom. The maximum absolute atomic E-state index is 12.4. The van der Waals surface area contributed by atoms with E-state index in [0.717, 1.165) is 32.1 Å². The van der Waals surface area contributed by atoms with Crippen LogP contribution in [0.3, 0.4) is 0 Å². The van der Waals surface area contributed by atoms with Crippen LogP contribution in [0.1, 0.15) is 79.1 Å². The molecular weight excluding hydrogens is 338 g/mol. The molecule has 2 atom stereocenters. The molecule has 7 heteroatoms. The van der Waals surface area contributed by atoms with Gasteiger partial charge in [-0.15, -0.1) is 0 Å². The summed E-state index contributed by atoms with van der Waals surface area (Å²) in [7, 11) is 0. The number of carboxylic acid groups (broad SMARTS) is 1. The molecule has 150 valence electrons. The second-order valence-electron chi connectivity index (χ2n) is 7.73. The fourth-order valence-corrected chi connectivity index (χ4v) is 3.24. The van der Waals surface area contributed by atoms with Crippen molar-refractivity contribution in [2.45, 2.75) is 96.7 Å². The van der Waals surface area contributed by atoms with Gasteiger partial charge in [-0.1, -0.05) is 19.3 Å². The standard InChI is InChI=1S/C19H33NO6/c1-5-25-16(21)11-9-7-6-8-10-14-12-13-15(17(22)23)20(14)18(24)26-19(2,3)4/h14-15H,5-13H2,1-4H3,(H,22,23)/t14-,15-/m0/s1. The smallest absolute Gasteiger partial charge is 0.411 e. The van der Waals surface area contributed by atoms with E-state index in [9.17, 15) is 19.5 Å². The van der Waals surface area contributed by atoms with E-state index in [-0.39, 0.29) is 12.0 Å². The lowest BCUT2D eigenvalue weighted by Crippen LogP contribution is -2.47. The Morgan fingerprint density at radius 3 is 2.31 bits per heavy atom. The highest BCUT2D eigenvalue weighted by Gasteiger charge is 2.42. The summed E-state index contributed by atoms with van der Waals surface area (Å²) in [5.41, 5.74) is -0.652. The maximum atomic E-state index is 12.4. The zero-order chi connectivity index (χ0) is 19.7.